The van der Waals surface area contributed by atoms with E-state index in [4.69, 9.17) is 9.29 Å². The molecule has 3 rings (SSSR count). The van der Waals surface area contributed by atoms with E-state index < -0.39 is 46.4 Å². The van der Waals surface area contributed by atoms with Crippen LogP contribution < -0.4 is 16.2 Å². The van der Waals surface area contributed by atoms with Gasteiger partial charge in [-0.1, -0.05) is 0 Å². The average Bonchev–Trinajstić information content (AvgIpc) is 3.18. The number of hydrogen-bond donors (Lipinski definition) is 4. The first-order valence-electron chi connectivity index (χ1n) is 8.32. The molecule has 3 aliphatic heterocycles. The number of nitrogens with one attached hydrogen (secondary N) is 3. The molecular formula is C13H21N5O8S. The van der Waals surface area contributed by atoms with E-state index in [-0.39, 0.29) is 19.1 Å². The van der Waals surface area contributed by atoms with Crippen LogP contribution in [0.1, 0.15) is 19.3 Å². The first-order chi connectivity index (χ1) is 12.7. The van der Waals surface area contributed by atoms with Gasteiger partial charge in [-0.15, -0.1) is 4.28 Å². The van der Waals surface area contributed by atoms with Crippen LogP contribution in [-0.4, -0.2) is 85.2 Å². The minimum Gasteiger partial charge on any atom is -0.380 e. The van der Waals surface area contributed by atoms with Crippen molar-refractivity contribution >= 4 is 28.2 Å². The van der Waals surface area contributed by atoms with Crippen molar-refractivity contribution in [2.24, 2.45) is 0 Å². The zero-order valence-electron chi connectivity index (χ0n) is 14.5. The van der Waals surface area contributed by atoms with Gasteiger partial charge in [0.1, 0.15) is 6.04 Å². The Hall–Kier alpha value is -2.00. The molecule has 0 aromatic rings. The lowest BCUT2D eigenvalue weighted by molar-refractivity contribution is -0.132. The highest BCUT2D eigenvalue weighted by Crippen LogP contribution is 2.30. The van der Waals surface area contributed by atoms with Crippen molar-refractivity contribution in [2.45, 2.75) is 43.5 Å². The highest BCUT2D eigenvalue weighted by molar-refractivity contribution is 7.80. The maximum absolute atomic E-state index is 12.4. The van der Waals surface area contributed by atoms with Crippen LogP contribution in [0.25, 0.3) is 0 Å². The Kier molecular flexibility index (Phi) is 5.53. The van der Waals surface area contributed by atoms with Crippen LogP contribution in [0.3, 0.4) is 0 Å². The number of ether oxygens (including phenoxy) is 1. The molecule has 0 radical (unpaired) electrons. The topological polar surface area (TPSA) is 167 Å². The Morgan fingerprint density at radius 3 is 2.59 bits per heavy atom. The number of carbonyl (C=O) groups excluding carboxylic acids is 3. The first-order valence-corrected chi connectivity index (χ1v) is 9.69. The van der Waals surface area contributed by atoms with Crippen LogP contribution in [0.15, 0.2) is 0 Å². The summed E-state index contributed by atoms with van der Waals surface area (Å²) in [6, 6.07) is -2.83. The smallest absolute Gasteiger partial charge is 0.380 e. The Morgan fingerprint density at radius 1 is 1.26 bits per heavy atom. The molecule has 0 unspecified atom stereocenters. The number of fused-ring (bicyclic) bond motifs is 2. The van der Waals surface area contributed by atoms with Gasteiger partial charge in [-0.25, -0.2) is 4.79 Å². The molecule has 13 nitrogen and oxygen atoms in total. The Morgan fingerprint density at radius 2 is 1.96 bits per heavy atom. The molecule has 4 amide bonds. The van der Waals surface area contributed by atoms with Crippen molar-refractivity contribution in [3.8, 4) is 0 Å². The number of amides is 4. The fourth-order valence-corrected chi connectivity index (χ4v) is 3.87. The summed E-state index contributed by atoms with van der Waals surface area (Å²) in [5.41, 5.74) is 4.60. The van der Waals surface area contributed by atoms with Crippen LogP contribution in [0.2, 0.25) is 0 Å². The summed E-state index contributed by atoms with van der Waals surface area (Å²) in [4.78, 5) is 37.8. The van der Waals surface area contributed by atoms with Gasteiger partial charge >= 0.3 is 16.4 Å². The molecule has 0 aliphatic carbocycles. The van der Waals surface area contributed by atoms with Gasteiger partial charge in [0, 0.05) is 20.2 Å². The van der Waals surface area contributed by atoms with Crippen LogP contribution in [-0.2, 0) is 29.0 Å². The fraction of sp³-hybridized carbons (Fsp3) is 0.769. The zero-order valence-corrected chi connectivity index (χ0v) is 15.3. The third kappa shape index (κ3) is 4.30. The quantitative estimate of drug-likeness (QED) is 0.285. The number of carbonyl (C=O) groups is 3. The number of hydrazine groups is 1. The van der Waals surface area contributed by atoms with Crippen LogP contribution in [0, 0.1) is 0 Å². The number of nitrogens with zero attached hydrogens (tertiary/aromatic N) is 2. The van der Waals surface area contributed by atoms with Gasteiger partial charge in [-0.05, 0) is 19.3 Å². The molecule has 3 heterocycles. The molecule has 2 bridgehead atoms. The highest BCUT2D eigenvalue weighted by atomic mass is 32.3. The maximum atomic E-state index is 12.4. The maximum Gasteiger partial charge on any atom is 0.418 e. The number of hydrogen-bond acceptors (Lipinski definition) is 8. The third-order valence-corrected chi connectivity index (χ3v) is 5.20. The minimum atomic E-state index is -4.85. The average molecular weight is 407 g/mol. The van der Waals surface area contributed by atoms with Crippen molar-refractivity contribution in [3.63, 3.8) is 0 Å². The molecule has 3 saturated heterocycles. The van der Waals surface area contributed by atoms with Gasteiger partial charge in [0.2, 0.25) is 0 Å². The molecule has 0 spiro atoms. The van der Waals surface area contributed by atoms with Gasteiger partial charge in [0.15, 0.2) is 0 Å². The summed E-state index contributed by atoms with van der Waals surface area (Å²) in [6.07, 6.45) is 0.929. The monoisotopic (exact) mass is 407 g/mol. The van der Waals surface area contributed by atoms with Crippen molar-refractivity contribution in [1.82, 2.24) is 26.1 Å². The first kappa shape index (κ1) is 19.8. The lowest BCUT2D eigenvalue weighted by Crippen LogP contribution is -2.56. The minimum absolute atomic E-state index is 0.0695. The molecule has 4 N–H and O–H groups in total. The van der Waals surface area contributed by atoms with E-state index >= 15 is 0 Å². The number of urea groups is 1. The summed E-state index contributed by atoms with van der Waals surface area (Å²) in [7, 11) is -3.30. The van der Waals surface area contributed by atoms with Crippen molar-refractivity contribution in [3.05, 3.63) is 0 Å². The van der Waals surface area contributed by atoms with E-state index in [1.807, 2.05) is 0 Å². The summed E-state index contributed by atoms with van der Waals surface area (Å²) in [6.45, 7) is 0.596. The molecule has 3 aliphatic rings. The van der Waals surface area contributed by atoms with Crippen LogP contribution >= 0.6 is 0 Å². The summed E-state index contributed by atoms with van der Waals surface area (Å²) in [5.74, 6) is -1.04. The third-order valence-electron chi connectivity index (χ3n) is 4.85. The molecule has 3 fully saturated rings. The van der Waals surface area contributed by atoms with E-state index in [2.05, 4.69) is 20.5 Å². The lowest BCUT2D eigenvalue weighted by atomic mass is 10.0. The van der Waals surface area contributed by atoms with Gasteiger partial charge < -0.3 is 15.0 Å². The molecular weight excluding hydrogens is 386 g/mol. The van der Waals surface area contributed by atoms with Crippen LogP contribution in [0.5, 0.6) is 0 Å². The Balaban J connectivity index is 1.54. The molecule has 4 atom stereocenters. The van der Waals surface area contributed by atoms with Gasteiger partial charge in [0.25, 0.3) is 11.8 Å². The fourth-order valence-electron chi connectivity index (χ4n) is 3.48. The van der Waals surface area contributed by atoms with Gasteiger partial charge in [-0.3, -0.25) is 25.0 Å². The Labute approximate surface area is 155 Å². The molecule has 27 heavy (non-hydrogen) atoms. The molecule has 14 heteroatoms. The van der Waals surface area contributed by atoms with Crippen molar-refractivity contribution in [1.29, 1.82) is 0 Å². The molecule has 0 aromatic heterocycles. The second-order valence-corrected chi connectivity index (χ2v) is 7.55. The lowest BCUT2D eigenvalue weighted by Gasteiger charge is -2.29. The van der Waals surface area contributed by atoms with Crippen molar-refractivity contribution < 1.29 is 36.4 Å². The number of hydroxylamine groups is 2. The van der Waals surface area contributed by atoms with Crippen molar-refractivity contribution in [2.75, 3.05) is 20.2 Å². The van der Waals surface area contributed by atoms with E-state index in [9.17, 15) is 22.8 Å². The summed E-state index contributed by atoms with van der Waals surface area (Å²) < 4.78 is 39.9. The largest absolute Gasteiger partial charge is 0.418 e. The Bertz CT molecular complexity index is 730. The van der Waals surface area contributed by atoms with Gasteiger partial charge in [0.05, 0.1) is 18.2 Å². The summed E-state index contributed by atoms with van der Waals surface area (Å²) >= 11 is 0. The van der Waals surface area contributed by atoms with E-state index in [1.165, 1.54) is 0 Å². The van der Waals surface area contributed by atoms with Gasteiger partial charge in [-0.2, -0.15) is 13.5 Å². The molecule has 152 valence electrons. The highest BCUT2D eigenvalue weighted by Gasteiger charge is 2.49. The SMILES string of the molecule is CO[C@H]1CN[C@H](C(=O)NNC(=O)[C@H]2CC[C@@H]3CN2C(=O)N3OS(=O)(=O)O)C1. The number of methoxy groups -OCH3 is 1. The normalized spacial score (nSPS) is 30.5. The van der Waals surface area contributed by atoms with E-state index in [0.29, 0.717) is 24.4 Å². The predicted molar refractivity (Wildman–Crippen MR) is 86.9 cm³/mol. The summed E-state index contributed by atoms with van der Waals surface area (Å²) in [5, 5.41) is 3.52. The number of piperidine rings is 1. The predicted octanol–water partition coefficient (Wildman–Crippen LogP) is -2.49. The van der Waals surface area contributed by atoms with Crippen LogP contribution in [0.4, 0.5) is 4.79 Å². The zero-order chi connectivity index (χ0) is 19.8. The van der Waals surface area contributed by atoms with E-state index in [0.717, 1.165) is 4.90 Å². The number of rotatable bonds is 5. The molecule has 0 saturated carbocycles. The second-order valence-electron chi connectivity index (χ2n) is 6.54. The van der Waals surface area contributed by atoms with E-state index in [1.54, 1.807) is 7.11 Å². The molecule has 0 aromatic carbocycles. The second kappa shape index (κ2) is 7.55. The standard InChI is InChI=1S/C13H21N5O8S/c1-25-8-4-9(14-5-8)11(19)15-16-12(20)10-3-2-7-6-17(10)13(21)18(7)26-27(22,23)24/h7-10,14H,2-6H2,1H3,(H,15,19)(H,16,20)(H,22,23,24)/t7-,8-,9+,10-/m1/s1.